The molecule has 5 rings (SSSR count). The molecule has 194 valence electrons. The van der Waals surface area contributed by atoms with Crippen molar-refractivity contribution in [3.8, 4) is 6.01 Å². The molecule has 36 heavy (non-hydrogen) atoms. The van der Waals surface area contributed by atoms with E-state index in [0.717, 1.165) is 50.6 Å². The summed E-state index contributed by atoms with van der Waals surface area (Å²) in [5.74, 6) is 0.379. The zero-order valence-electron chi connectivity index (χ0n) is 21.3. The number of ether oxygens (including phenoxy) is 3. The molecule has 9 heteroatoms. The Kier molecular flexibility index (Phi) is 8.30. The predicted molar refractivity (Wildman–Crippen MR) is 139 cm³/mol. The van der Waals surface area contributed by atoms with Crippen molar-refractivity contribution in [3.05, 3.63) is 41.6 Å². The second-order valence-corrected chi connectivity index (χ2v) is 9.83. The van der Waals surface area contributed by atoms with Gasteiger partial charge in [0, 0.05) is 19.6 Å². The van der Waals surface area contributed by atoms with E-state index < -0.39 is 0 Å². The number of hydrogen-bond donors (Lipinski definition) is 1. The lowest BCUT2D eigenvalue weighted by Crippen LogP contribution is -2.25. The number of hydrogen-bond acceptors (Lipinski definition) is 8. The summed E-state index contributed by atoms with van der Waals surface area (Å²) in [4.78, 5) is 11.6. The van der Waals surface area contributed by atoms with E-state index >= 15 is 0 Å². The van der Waals surface area contributed by atoms with Crippen LogP contribution in [0.25, 0.3) is 11.0 Å². The van der Waals surface area contributed by atoms with E-state index in [9.17, 15) is 0 Å². The molecule has 4 heterocycles. The first-order valence-corrected chi connectivity index (χ1v) is 13.4. The third kappa shape index (κ3) is 6.32. The second kappa shape index (κ2) is 12.0. The van der Waals surface area contributed by atoms with Crippen LogP contribution in [0.5, 0.6) is 6.01 Å². The number of likely N-dealkylation sites (tertiary alicyclic amines) is 1. The van der Waals surface area contributed by atoms with E-state index in [-0.39, 0.29) is 18.4 Å². The fraction of sp³-hybridized carbons (Fsp3) is 0.593. The van der Waals surface area contributed by atoms with Gasteiger partial charge in [-0.2, -0.15) is 15.1 Å². The van der Waals surface area contributed by atoms with Crippen molar-refractivity contribution in [3.63, 3.8) is 0 Å². The molecule has 2 aromatic heterocycles. The smallest absolute Gasteiger partial charge is 0.320 e. The highest BCUT2D eigenvalue weighted by atomic mass is 16.7. The lowest BCUT2D eigenvalue weighted by molar-refractivity contribution is -0.165. The maximum absolute atomic E-state index is 6.25. The molecule has 2 saturated heterocycles. The highest BCUT2D eigenvalue weighted by Gasteiger charge is 2.18. The van der Waals surface area contributed by atoms with Gasteiger partial charge < -0.3 is 19.9 Å². The molecule has 3 aromatic rings. The Hall–Kier alpha value is -2.75. The van der Waals surface area contributed by atoms with E-state index in [4.69, 9.17) is 19.9 Å². The first-order chi connectivity index (χ1) is 17.7. The predicted octanol–water partition coefficient (Wildman–Crippen LogP) is 4.14. The number of anilines is 1. The van der Waals surface area contributed by atoms with E-state index in [1.807, 2.05) is 4.68 Å². The Morgan fingerprint density at radius 2 is 1.83 bits per heavy atom. The first-order valence-electron chi connectivity index (χ1n) is 13.4. The Morgan fingerprint density at radius 1 is 1.06 bits per heavy atom. The molecule has 2 aliphatic heterocycles. The van der Waals surface area contributed by atoms with Crippen LogP contribution in [0.3, 0.4) is 0 Å². The summed E-state index contributed by atoms with van der Waals surface area (Å²) in [6.45, 7) is 7.47. The summed E-state index contributed by atoms with van der Waals surface area (Å²) in [6.07, 6.45) is 8.97. The van der Waals surface area contributed by atoms with Crippen LogP contribution in [0.4, 0.5) is 5.82 Å². The first kappa shape index (κ1) is 24.9. The Labute approximate surface area is 212 Å². The van der Waals surface area contributed by atoms with Crippen molar-refractivity contribution < 1.29 is 14.2 Å². The van der Waals surface area contributed by atoms with Crippen LogP contribution in [0, 0.1) is 0 Å². The van der Waals surface area contributed by atoms with Gasteiger partial charge in [0.2, 0.25) is 0 Å². The van der Waals surface area contributed by atoms with Crippen LogP contribution in [0.1, 0.15) is 63.0 Å². The number of aromatic nitrogens is 4. The maximum Gasteiger partial charge on any atom is 0.320 e. The molecule has 2 aliphatic rings. The maximum atomic E-state index is 6.25. The van der Waals surface area contributed by atoms with Crippen LogP contribution in [0.15, 0.2) is 30.5 Å². The number of benzene rings is 1. The zero-order valence-corrected chi connectivity index (χ0v) is 21.3. The van der Waals surface area contributed by atoms with Crippen LogP contribution in [-0.2, 0) is 22.6 Å². The molecule has 0 radical (unpaired) electrons. The molecule has 0 aliphatic carbocycles. The van der Waals surface area contributed by atoms with Crippen molar-refractivity contribution in [2.75, 3.05) is 32.0 Å². The number of nitrogens with two attached hydrogens (primary N) is 1. The molecule has 0 amide bonds. The molecular weight excluding hydrogens is 456 g/mol. The largest absolute Gasteiger partial charge is 0.460 e. The van der Waals surface area contributed by atoms with Gasteiger partial charge in [0.15, 0.2) is 11.9 Å². The summed E-state index contributed by atoms with van der Waals surface area (Å²) in [5, 5.41) is 5.27. The summed E-state index contributed by atoms with van der Waals surface area (Å²) in [5.41, 5.74) is 9.44. The van der Waals surface area contributed by atoms with Crippen molar-refractivity contribution in [1.82, 2.24) is 24.6 Å². The average molecular weight is 495 g/mol. The molecule has 0 saturated carbocycles. The highest BCUT2D eigenvalue weighted by Crippen LogP contribution is 2.23. The standard InChI is InChI=1S/C27H38N6O3/c1-2-22(12-16-35-24-7-3-6-15-34-24)36-27-30-25(28)23-17-29-33(26(23)31-27)19-21-10-8-20(9-11-21)18-32-13-4-5-14-32/h8-11,17,22,24H,2-7,12-16,18-19H2,1H3,(H2,28,30,31). The Morgan fingerprint density at radius 3 is 2.56 bits per heavy atom. The minimum Gasteiger partial charge on any atom is -0.460 e. The van der Waals surface area contributed by atoms with Crippen molar-refractivity contribution in [1.29, 1.82) is 0 Å². The lowest BCUT2D eigenvalue weighted by atomic mass is 10.1. The summed E-state index contributed by atoms with van der Waals surface area (Å²) in [6, 6.07) is 9.05. The molecular formula is C27H38N6O3. The lowest BCUT2D eigenvalue weighted by Gasteiger charge is -2.24. The van der Waals surface area contributed by atoms with Crippen LogP contribution >= 0.6 is 0 Å². The minimum atomic E-state index is -0.0943. The monoisotopic (exact) mass is 494 g/mol. The van der Waals surface area contributed by atoms with Gasteiger partial charge in [0.25, 0.3) is 0 Å². The fourth-order valence-corrected chi connectivity index (χ4v) is 4.92. The zero-order chi connectivity index (χ0) is 24.7. The molecule has 2 unspecified atom stereocenters. The number of nitrogen functional groups attached to an aromatic ring is 1. The van der Waals surface area contributed by atoms with E-state index in [1.165, 1.54) is 37.1 Å². The number of fused-ring (bicyclic) bond motifs is 1. The van der Waals surface area contributed by atoms with E-state index in [1.54, 1.807) is 6.20 Å². The van der Waals surface area contributed by atoms with Gasteiger partial charge in [-0.15, -0.1) is 0 Å². The van der Waals surface area contributed by atoms with Crippen molar-refractivity contribution in [2.24, 2.45) is 0 Å². The molecule has 9 nitrogen and oxygen atoms in total. The topological polar surface area (TPSA) is 101 Å². The summed E-state index contributed by atoms with van der Waals surface area (Å²) >= 11 is 0. The average Bonchev–Trinajstić information content (AvgIpc) is 3.56. The SMILES string of the molecule is CCC(CCOC1CCCCO1)Oc1nc(N)c2cnn(Cc3ccc(CN4CCCC4)cc3)c2n1. The van der Waals surface area contributed by atoms with E-state index in [2.05, 4.69) is 51.2 Å². The number of nitrogens with zero attached hydrogens (tertiary/aromatic N) is 5. The van der Waals surface area contributed by atoms with Gasteiger partial charge in [0.05, 0.1) is 24.7 Å². The van der Waals surface area contributed by atoms with Gasteiger partial charge in [-0.25, -0.2) is 4.68 Å². The molecule has 2 fully saturated rings. The third-order valence-electron chi connectivity index (χ3n) is 7.07. The molecule has 2 atom stereocenters. The van der Waals surface area contributed by atoms with Gasteiger partial charge in [-0.05, 0) is 62.7 Å². The summed E-state index contributed by atoms with van der Waals surface area (Å²) < 4.78 is 19.5. The van der Waals surface area contributed by atoms with Crippen molar-refractivity contribution in [2.45, 2.75) is 77.4 Å². The fourth-order valence-electron chi connectivity index (χ4n) is 4.92. The summed E-state index contributed by atoms with van der Waals surface area (Å²) in [7, 11) is 0. The molecule has 2 N–H and O–H groups in total. The van der Waals surface area contributed by atoms with E-state index in [0.29, 0.717) is 24.6 Å². The second-order valence-electron chi connectivity index (χ2n) is 9.83. The minimum absolute atomic E-state index is 0.0648. The van der Waals surface area contributed by atoms with Gasteiger partial charge in [-0.3, -0.25) is 4.90 Å². The number of rotatable bonds is 11. The Bertz CT molecular complexity index is 1110. The van der Waals surface area contributed by atoms with Crippen LogP contribution < -0.4 is 10.5 Å². The third-order valence-corrected chi connectivity index (χ3v) is 7.07. The van der Waals surface area contributed by atoms with Crippen LogP contribution in [-0.4, -0.2) is 63.3 Å². The van der Waals surface area contributed by atoms with Gasteiger partial charge in [-0.1, -0.05) is 31.2 Å². The normalized spacial score (nSPS) is 19.6. The quantitative estimate of drug-likeness (QED) is 0.424. The van der Waals surface area contributed by atoms with Crippen LogP contribution in [0.2, 0.25) is 0 Å². The van der Waals surface area contributed by atoms with Crippen molar-refractivity contribution >= 4 is 16.9 Å². The van der Waals surface area contributed by atoms with Gasteiger partial charge in [0.1, 0.15) is 11.9 Å². The molecule has 0 spiro atoms. The Balaban J connectivity index is 1.22. The van der Waals surface area contributed by atoms with Gasteiger partial charge >= 0.3 is 6.01 Å². The highest BCUT2D eigenvalue weighted by molar-refractivity contribution is 5.85. The molecule has 1 aromatic carbocycles. The molecule has 0 bridgehead atoms.